The van der Waals surface area contributed by atoms with Gasteiger partial charge in [0.05, 0.1) is 12.6 Å². The maximum Gasteiger partial charge on any atom is 0.401 e. The molecule has 3 aliphatic rings. The Hall–Kier alpha value is -0.330. The summed E-state index contributed by atoms with van der Waals surface area (Å²) in [7, 11) is 0. The van der Waals surface area contributed by atoms with Crippen LogP contribution in [0.2, 0.25) is 0 Å². The van der Waals surface area contributed by atoms with Crippen molar-refractivity contribution in [3.63, 3.8) is 0 Å². The normalized spacial score (nSPS) is 39.8. The van der Waals surface area contributed by atoms with E-state index in [9.17, 15) is 13.2 Å². The van der Waals surface area contributed by atoms with Gasteiger partial charge in [-0.1, -0.05) is 13.8 Å². The van der Waals surface area contributed by atoms with Gasteiger partial charge in [0.1, 0.15) is 0 Å². The van der Waals surface area contributed by atoms with Crippen molar-refractivity contribution in [3.8, 4) is 0 Å². The maximum absolute atomic E-state index is 12.7. The van der Waals surface area contributed by atoms with Crippen LogP contribution in [0, 0.1) is 11.3 Å². The minimum absolute atomic E-state index is 0.0641. The number of ether oxygens (including phenoxy) is 1. The van der Waals surface area contributed by atoms with E-state index in [2.05, 4.69) is 0 Å². The van der Waals surface area contributed by atoms with Crippen LogP contribution < -0.4 is 5.73 Å². The molecule has 0 aromatic heterocycles. The summed E-state index contributed by atoms with van der Waals surface area (Å²) in [4.78, 5) is 1.55. The first kappa shape index (κ1) is 14.6. The van der Waals surface area contributed by atoms with Crippen LogP contribution >= 0.6 is 0 Å². The summed E-state index contributed by atoms with van der Waals surface area (Å²) in [5.74, 6) is 0.201. The lowest BCUT2D eigenvalue weighted by Crippen LogP contribution is -2.78. The first-order chi connectivity index (χ1) is 9.15. The zero-order chi connectivity index (χ0) is 14.8. The van der Waals surface area contributed by atoms with E-state index in [1.807, 2.05) is 13.8 Å². The van der Waals surface area contributed by atoms with Crippen molar-refractivity contribution >= 4 is 0 Å². The summed E-state index contributed by atoms with van der Waals surface area (Å²) >= 11 is 0. The first-order valence-electron chi connectivity index (χ1n) is 7.36. The molecule has 2 saturated carbocycles. The van der Waals surface area contributed by atoms with Gasteiger partial charge in [-0.25, -0.2) is 0 Å². The first-order valence-corrected chi connectivity index (χ1v) is 7.36. The van der Waals surface area contributed by atoms with E-state index in [0.29, 0.717) is 13.2 Å². The maximum atomic E-state index is 12.7. The summed E-state index contributed by atoms with van der Waals surface area (Å²) in [6.07, 6.45) is -1.46. The lowest BCUT2D eigenvalue weighted by molar-refractivity contribution is -0.182. The molecule has 0 bridgehead atoms. The third-order valence-electron chi connectivity index (χ3n) is 5.57. The van der Waals surface area contributed by atoms with Crippen LogP contribution in [-0.2, 0) is 4.74 Å². The molecule has 2 aliphatic carbocycles. The second-order valence-electron chi connectivity index (χ2n) is 7.20. The number of hydrogen-bond acceptors (Lipinski definition) is 3. The Balaban J connectivity index is 1.74. The molecule has 3 rings (SSSR count). The van der Waals surface area contributed by atoms with Gasteiger partial charge in [0.2, 0.25) is 0 Å². The summed E-state index contributed by atoms with van der Waals surface area (Å²) in [5.41, 5.74) is 5.74. The Kier molecular flexibility index (Phi) is 3.16. The fourth-order valence-corrected chi connectivity index (χ4v) is 4.12. The topological polar surface area (TPSA) is 38.5 Å². The van der Waals surface area contributed by atoms with Crippen LogP contribution in [-0.4, -0.2) is 48.5 Å². The molecule has 20 heavy (non-hydrogen) atoms. The molecule has 116 valence electrons. The van der Waals surface area contributed by atoms with E-state index in [0.717, 1.165) is 19.3 Å². The third kappa shape index (κ3) is 2.16. The van der Waals surface area contributed by atoms with Crippen LogP contribution in [0.4, 0.5) is 13.2 Å². The van der Waals surface area contributed by atoms with Crippen LogP contribution in [0.15, 0.2) is 0 Å². The van der Waals surface area contributed by atoms with Gasteiger partial charge in [0.15, 0.2) is 0 Å². The Morgan fingerprint density at radius 1 is 1.25 bits per heavy atom. The largest absolute Gasteiger partial charge is 0.401 e. The number of hydrogen-bond donors (Lipinski definition) is 1. The average molecular weight is 292 g/mol. The fourth-order valence-electron chi connectivity index (χ4n) is 4.12. The molecule has 0 aromatic carbocycles. The minimum atomic E-state index is -4.15. The average Bonchev–Trinajstić information content (AvgIpc) is 3.03. The monoisotopic (exact) mass is 292 g/mol. The fraction of sp³-hybridized carbons (Fsp3) is 1.00. The summed E-state index contributed by atoms with van der Waals surface area (Å²) in [6.45, 7) is 4.22. The van der Waals surface area contributed by atoms with E-state index < -0.39 is 18.3 Å². The number of fused-ring (bicyclic) bond motifs is 1. The summed E-state index contributed by atoms with van der Waals surface area (Å²) < 4.78 is 43.9. The highest BCUT2D eigenvalue weighted by Gasteiger charge is 2.68. The molecule has 1 heterocycles. The zero-order valence-corrected chi connectivity index (χ0v) is 12.0. The lowest BCUT2D eigenvalue weighted by atomic mass is 9.48. The SMILES string of the molecule is CC1(C)C2OCCC2C1(N)CN(CC(F)(F)F)C1CC1. The predicted molar refractivity (Wildman–Crippen MR) is 69.2 cm³/mol. The molecule has 1 aliphatic heterocycles. The minimum Gasteiger partial charge on any atom is -0.377 e. The molecule has 0 amide bonds. The Morgan fingerprint density at radius 3 is 2.45 bits per heavy atom. The smallest absolute Gasteiger partial charge is 0.377 e. The quantitative estimate of drug-likeness (QED) is 0.863. The molecule has 1 saturated heterocycles. The molecule has 3 atom stereocenters. The van der Waals surface area contributed by atoms with Crippen molar-refractivity contribution in [2.75, 3.05) is 19.7 Å². The lowest BCUT2D eigenvalue weighted by Gasteiger charge is -2.63. The number of nitrogens with zero attached hydrogens (tertiary/aromatic N) is 1. The summed E-state index contributed by atoms with van der Waals surface area (Å²) in [5, 5.41) is 0. The van der Waals surface area contributed by atoms with Crippen molar-refractivity contribution in [2.24, 2.45) is 17.1 Å². The van der Waals surface area contributed by atoms with Crippen LogP contribution in [0.25, 0.3) is 0 Å². The Morgan fingerprint density at radius 2 is 1.90 bits per heavy atom. The molecule has 0 radical (unpaired) electrons. The van der Waals surface area contributed by atoms with Gasteiger partial charge in [-0.15, -0.1) is 0 Å². The van der Waals surface area contributed by atoms with E-state index in [1.54, 1.807) is 4.90 Å². The van der Waals surface area contributed by atoms with Crippen molar-refractivity contribution in [1.82, 2.24) is 4.90 Å². The number of rotatable bonds is 4. The molecular weight excluding hydrogens is 269 g/mol. The second kappa shape index (κ2) is 4.34. The van der Waals surface area contributed by atoms with Crippen molar-refractivity contribution in [3.05, 3.63) is 0 Å². The van der Waals surface area contributed by atoms with Crippen LogP contribution in [0.5, 0.6) is 0 Å². The van der Waals surface area contributed by atoms with Gasteiger partial charge < -0.3 is 10.5 Å². The van der Waals surface area contributed by atoms with Crippen molar-refractivity contribution in [1.29, 1.82) is 0 Å². The van der Waals surface area contributed by atoms with Gasteiger partial charge in [0.25, 0.3) is 0 Å². The van der Waals surface area contributed by atoms with Gasteiger partial charge >= 0.3 is 6.18 Å². The molecule has 6 heteroatoms. The molecule has 0 aromatic rings. The zero-order valence-electron chi connectivity index (χ0n) is 12.0. The van der Waals surface area contributed by atoms with E-state index in [-0.39, 0.29) is 23.5 Å². The molecule has 3 fully saturated rings. The molecular formula is C14H23F3N2O. The van der Waals surface area contributed by atoms with Crippen molar-refractivity contribution in [2.45, 2.75) is 57.0 Å². The van der Waals surface area contributed by atoms with E-state index in [4.69, 9.17) is 10.5 Å². The number of alkyl halides is 3. The standard InChI is InChI=1S/C14H23F3N2O/c1-12(2)11-10(5-6-20-11)13(12,18)7-19(9-3-4-9)8-14(15,16)17/h9-11H,3-8,18H2,1-2H3. The van der Waals surface area contributed by atoms with Gasteiger partial charge in [-0.05, 0) is 19.3 Å². The summed E-state index contributed by atoms with van der Waals surface area (Å²) in [6, 6.07) is 0.0641. The van der Waals surface area contributed by atoms with E-state index >= 15 is 0 Å². The van der Waals surface area contributed by atoms with Crippen LogP contribution in [0.3, 0.4) is 0 Å². The van der Waals surface area contributed by atoms with Crippen molar-refractivity contribution < 1.29 is 17.9 Å². The van der Waals surface area contributed by atoms with Crippen LogP contribution in [0.1, 0.15) is 33.1 Å². The van der Waals surface area contributed by atoms with Gasteiger partial charge in [0, 0.05) is 36.1 Å². The Bertz CT molecular complexity index is 394. The molecule has 3 nitrogen and oxygen atoms in total. The number of halogens is 3. The Labute approximate surface area is 117 Å². The third-order valence-corrected chi connectivity index (χ3v) is 5.57. The highest BCUT2D eigenvalue weighted by atomic mass is 19.4. The number of nitrogens with two attached hydrogens (primary N) is 1. The highest BCUT2D eigenvalue weighted by molar-refractivity contribution is 5.22. The molecule has 2 N–H and O–H groups in total. The van der Waals surface area contributed by atoms with E-state index in [1.165, 1.54) is 0 Å². The molecule has 0 spiro atoms. The predicted octanol–water partition coefficient (Wildman–Crippen LogP) is 2.16. The second-order valence-corrected chi connectivity index (χ2v) is 7.20. The van der Waals surface area contributed by atoms with Gasteiger partial charge in [-0.2, -0.15) is 13.2 Å². The highest BCUT2D eigenvalue weighted by Crippen LogP contribution is 2.58. The molecule has 3 unspecified atom stereocenters. The van der Waals surface area contributed by atoms with Gasteiger partial charge in [-0.3, -0.25) is 4.90 Å².